The van der Waals surface area contributed by atoms with Crippen LogP contribution in [0.25, 0.3) is 0 Å². The maximum absolute atomic E-state index is 11.6. The molecule has 0 radical (unpaired) electrons. The zero-order valence-electron chi connectivity index (χ0n) is 12.0. The zero-order chi connectivity index (χ0) is 14.5. The second-order valence-corrected chi connectivity index (χ2v) is 9.44. The fourth-order valence-corrected chi connectivity index (χ4v) is 4.42. The van der Waals surface area contributed by atoms with E-state index in [1.165, 1.54) is 6.26 Å². The van der Waals surface area contributed by atoms with Crippen molar-refractivity contribution in [2.24, 2.45) is 5.41 Å². The summed E-state index contributed by atoms with van der Waals surface area (Å²) in [6.07, 6.45) is 4.17. The van der Waals surface area contributed by atoms with Crippen LogP contribution in [0.1, 0.15) is 46.5 Å². The monoisotopic (exact) mass is 289 g/mol. The van der Waals surface area contributed by atoms with Crippen molar-refractivity contribution >= 4 is 15.9 Å². The minimum absolute atomic E-state index is 0.135. The molecular formula is C13H23NO4S. The predicted molar refractivity (Wildman–Crippen MR) is 72.7 cm³/mol. The first-order valence-corrected chi connectivity index (χ1v) is 8.63. The van der Waals surface area contributed by atoms with Gasteiger partial charge in [-0.15, -0.1) is 0 Å². The van der Waals surface area contributed by atoms with Crippen LogP contribution in [0.3, 0.4) is 0 Å². The van der Waals surface area contributed by atoms with Crippen molar-refractivity contribution in [1.82, 2.24) is 5.32 Å². The second-order valence-electron chi connectivity index (χ2n) is 7.11. The molecule has 19 heavy (non-hydrogen) atoms. The van der Waals surface area contributed by atoms with E-state index in [4.69, 9.17) is 4.74 Å². The molecule has 5 nitrogen and oxygen atoms in total. The van der Waals surface area contributed by atoms with Crippen LogP contribution in [-0.4, -0.2) is 37.7 Å². The van der Waals surface area contributed by atoms with Gasteiger partial charge in [-0.25, -0.2) is 13.2 Å². The van der Waals surface area contributed by atoms with Crippen molar-refractivity contribution < 1.29 is 17.9 Å². The normalized spacial score (nSPS) is 34.3. The van der Waals surface area contributed by atoms with Gasteiger partial charge in [-0.1, -0.05) is 0 Å². The van der Waals surface area contributed by atoms with Gasteiger partial charge in [0, 0.05) is 12.3 Å². The average Bonchev–Trinajstić information content (AvgIpc) is 2.00. The summed E-state index contributed by atoms with van der Waals surface area (Å²) < 4.78 is 27.9. The number of sulfone groups is 1. The molecule has 2 rings (SSSR count). The summed E-state index contributed by atoms with van der Waals surface area (Å²) in [5.41, 5.74) is -0.323. The molecule has 0 unspecified atom stereocenters. The summed E-state index contributed by atoms with van der Waals surface area (Å²) in [5.74, 6) is 0. The van der Waals surface area contributed by atoms with Gasteiger partial charge in [0.1, 0.15) is 15.4 Å². The molecule has 2 aliphatic carbocycles. The summed E-state index contributed by atoms with van der Waals surface area (Å²) in [4.78, 5) is 11.6. The maximum Gasteiger partial charge on any atom is 0.407 e. The van der Waals surface area contributed by atoms with E-state index in [0.29, 0.717) is 0 Å². The van der Waals surface area contributed by atoms with Crippen LogP contribution in [-0.2, 0) is 14.6 Å². The standard InChI is InChI=1S/C13H23NO4S/c1-12(2,3)18-11(15)14-9-5-13(6-9)7-10(8-13)19(4,16)17/h9-10H,5-8H2,1-4H3,(H,14,15). The van der Waals surface area contributed by atoms with E-state index in [2.05, 4.69) is 5.32 Å². The van der Waals surface area contributed by atoms with Crippen molar-refractivity contribution in [3.8, 4) is 0 Å². The van der Waals surface area contributed by atoms with Crippen molar-refractivity contribution in [3.05, 3.63) is 0 Å². The quantitative estimate of drug-likeness (QED) is 0.842. The Balaban J connectivity index is 1.72. The number of rotatable bonds is 2. The van der Waals surface area contributed by atoms with E-state index in [9.17, 15) is 13.2 Å². The third kappa shape index (κ3) is 3.41. The third-order valence-electron chi connectivity index (χ3n) is 4.01. The highest BCUT2D eigenvalue weighted by Gasteiger charge is 2.55. The Morgan fingerprint density at radius 3 is 2.16 bits per heavy atom. The number of alkyl carbamates (subject to hydrolysis) is 1. The van der Waals surface area contributed by atoms with E-state index in [1.54, 1.807) is 0 Å². The van der Waals surface area contributed by atoms with Gasteiger partial charge in [0.05, 0.1) is 5.25 Å². The predicted octanol–water partition coefficient (Wildman–Crippen LogP) is 1.87. The van der Waals surface area contributed by atoms with E-state index in [-0.39, 0.29) is 22.8 Å². The summed E-state index contributed by atoms with van der Waals surface area (Å²) in [7, 11) is -2.89. The van der Waals surface area contributed by atoms with Crippen LogP contribution in [0.2, 0.25) is 0 Å². The topological polar surface area (TPSA) is 72.5 Å². The highest BCUT2D eigenvalue weighted by atomic mass is 32.2. The summed E-state index contributed by atoms with van der Waals surface area (Å²) in [6, 6.07) is 0.135. The average molecular weight is 289 g/mol. The highest BCUT2D eigenvalue weighted by Crippen LogP contribution is 2.57. The first-order chi connectivity index (χ1) is 8.49. The van der Waals surface area contributed by atoms with Gasteiger partial charge in [0.2, 0.25) is 0 Å². The van der Waals surface area contributed by atoms with Crippen LogP contribution in [0.5, 0.6) is 0 Å². The number of carbonyl (C=O) groups excluding carboxylic acids is 1. The molecule has 110 valence electrons. The van der Waals surface area contributed by atoms with Gasteiger partial charge in [-0.05, 0) is 51.9 Å². The van der Waals surface area contributed by atoms with Gasteiger partial charge in [0.25, 0.3) is 0 Å². The molecular weight excluding hydrogens is 266 g/mol. The molecule has 0 bridgehead atoms. The van der Waals surface area contributed by atoms with E-state index < -0.39 is 15.4 Å². The molecule has 0 heterocycles. The lowest BCUT2D eigenvalue weighted by Gasteiger charge is -2.57. The third-order valence-corrected chi connectivity index (χ3v) is 5.55. The lowest BCUT2D eigenvalue weighted by molar-refractivity contribution is -0.00721. The Hall–Kier alpha value is -0.780. The van der Waals surface area contributed by atoms with Gasteiger partial charge in [-0.2, -0.15) is 0 Å². The van der Waals surface area contributed by atoms with Crippen LogP contribution >= 0.6 is 0 Å². The first kappa shape index (κ1) is 14.6. The molecule has 0 aliphatic heterocycles. The molecule has 2 aliphatic rings. The first-order valence-electron chi connectivity index (χ1n) is 6.68. The molecule has 0 aromatic rings. The molecule has 0 aromatic heterocycles. The van der Waals surface area contributed by atoms with Crippen LogP contribution < -0.4 is 5.32 Å². The van der Waals surface area contributed by atoms with Crippen molar-refractivity contribution in [1.29, 1.82) is 0 Å². The Morgan fingerprint density at radius 1 is 1.21 bits per heavy atom. The fraction of sp³-hybridized carbons (Fsp3) is 0.923. The molecule has 6 heteroatoms. The second kappa shape index (κ2) is 4.36. The van der Waals surface area contributed by atoms with E-state index in [0.717, 1.165) is 25.7 Å². The Bertz CT molecular complexity index is 463. The Morgan fingerprint density at radius 2 is 1.74 bits per heavy atom. The van der Waals surface area contributed by atoms with Crippen LogP contribution in [0, 0.1) is 5.41 Å². The van der Waals surface area contributed by atoms with E-state index in [1.807, 2.05) is 20.8 Å². The minimum atomic E-state index is -2.89. The zero-order valence-corrected chi connectivity index (χ0v) is 12.8. The van der Waals surface area contributed by atoms with Crippen LogP contribution in [0.4, 0.5) is 4.79 Å². The maximum atomic E-state index is 11.6. The largest absolute Gasteiger partial charge is 0.444 e. The summed E-state index contributed by atoms with van der Waals surface area (Å²) >= 11 is 0. The lowest BCUT2D eigenvalue weighted by Crippen LogP contribution is -2.59. The number of nitrogens with one attached hydrogen (secondary N) is 1. The van der Waals surface area contributed by atoms with Gasteiger partial charge < -0.3 is 10.1 Å². The lowest BCUT2D eigenvalue weighted by atomic mass is 9.54. The highest BCUT2D eigenvalue weighted by molar-refractivity contribution is 7.91. The SMILES string of the molecule is CC(C)(C)OC(=O)NC1CC2(C1)CC(S(C)(=O)=O)C2. The molecule has 2 fully saturated rings. The number of hydrogen-bond acceptors (Lipinski definition) is 4. The van der Waals surface area contributed by atoms with Crippen molar-refractivity contribution in [3.63, 3.8) is 0 Å². The molecule has 1 spiro atoms. The van der Waals surface area contributed by atoms with Gasteiger partial charge in [-0.3, -0.25) is 0 Å². The van der Waals surface area contributed by atoms with Crippen molar-refractivity contribution in [2.75, 3.05) is 6.26 Å². The van der Waals surface area contributed by atoms with Crippen molar-refractivity contribution in [2.45, 2.75) is 63.3 Å². The molecule has 0 saturated heterocycles. The Labute approximate surface area is 115 Å². The Kier molecular flexibility index (Phi) is 3.36. The molecule has 1 amide bonds. The van der Waals surface area contributed by atoms with Gasteiger partial charge >= 0.3 is 6.09 Å². The number of carbonyl (C=O) groups is 1. The number of ether oxygens (including phenoxy) is 1. The van der Waals surface area contributed by atoms with Gasteiger partial charge in [0.15, 0.2) is 0 Å². The summed E-state index contributed by atoms with van der Waals surface area (Å²) in [6.45, 7) is 5.49. The fourth-order valence-electron chi connectivity index (χ4n) is 3.10. The molecule has 1 N–H and O–H groups in total. The van der Waals surface area contributed by atoms with E-state index >= 15 is 0 Å². The molecule has 0 aromatic carbocycles. The number of amides is 1. The smallest absolute Gasteiger partial charge is 0.407 e. The molecule has 0 atom stereocenters. The molecule has 2 saturated carbocycles. The summed E-state index contributed by atoms with van der Waals surface area (Å²) in [5, 5.41) is 2.67. The van der Waals surface area contributed by atoms with Crippen LogP contribution in [0.15, 0.2) is 0 Å². The number of hydrogen-bond donors (Lipinski definition) is 1. The minimum Gasteiger partial charge on any atom is -0.444 e.